The van der Waals surface area contributed by atoms with Crippen molar-refractivity contribution in [3.05, 3.63) is 89.6 Å². The van der Waals surface area contributed by atoms with Crippen LogP contribution in [-0.2, 0) is 13.6 Å². The van der Waals surface area contributed by atoms with Gasteiger partial charge in [-0.05, 0) is 66.1 Å². The van der Waals surface area contributed by atoms with Crippen molar-refractivity contribution in [2.24, 2.45) is 7.05 Å². The first-order valence-electron chi connectivity index (χ1n) is 10.2. The summed E-state index contributed by atoms with van der Waals surface area (Å²) in [7, 11) is 3.50. The number of hydrogen-bond acceptors (Lipinski definition) is 4. The molecule has 2 heterocycles. The topological polar surface area (TPSA) is 77.0 Å². The predicted octanol–water partition coefficient (Wildman–Crippen LogP) is 4.45. The molecular formula is C25H24FN5O. The van der Waals surface area contributed by atoms with Crippen LogP contribution in [0.1, 0.15) is 21.6 Å². The number of pyridine rings is 1. The minimum absolute atomic E-state index is 0.172. The fourth-order valence-electron chi connectivity index (χ4n) is 3.73. The average Bonchev–Trinajstić information content (AvgIpc) is 3.13. The number of nitrogens with zero attached hydrogens (tertiary/aromatic N) is 4. The zero-order valence-electron chi connectivity index (χ0n) is 18.2. The standard InChI is InChI=1S/C25H24FN5O/c1-16-14-17(4-9-21(16)27)15-30(2)25(32)24-22(18-10-12-28-13-11-18)23(29-31(24)3)19-5-7-20(26)8-6-19/h4-14H,15,27H2,1-3H3. The Kier molecular flexibility index (Phi) is 5.73. The number of halogens is 1. The van der Waals surface area contributed by atoms with Gasteiger partial charge in [0.1, 0.15) is 17.2 Å². The summed E-state index contributed by atoms with van der Waals surface area (Å²) in [6.45, 7) is 2.37. The van der Waals surface area contributed by atoms with Crippen LogP contribution in [0.4, 0.5) is 10.1 Å². The minimum Gasteiger partial charge on any atom is -0.399 e. The Morgan fingerprint density at radius 2 is 1.75 bits per heavy atom. The van der Waals surface area contributed by atoms with E-state index in [0.29, 0.717) is 23.5 Å². The molecule has 2 N–H and O–H groups in total. The molecule has 0 saturated heterocycles. The van der Waals surface area contributed by atoms with Gasteiger partial charge in [-0.3, -0.25) is 14.5 Å². The second-order valence-electron chi connectivity index (χ2n) is 7.79. The van der Waals surface area contributed by atoms with Gasteiger partial charge in [0.05, 0.1) is 0 Å². The van der Waals surface area contributed by atoms with Gasteiger partial charge in [-0.2, -0.15) is 5.10 Å². The van der Waals surface area contributed by atoms with Crippen LogP contribution in [0.15, 0.2) is 67.0 Å². The molecule has 0 saturated carbocycles. The van der Waals surface area contributed by atoms with Gasteiger partial charge in [0.15, 0.2) is 0 Å². The van der Waals surface area contributed by atoms with Crippen molar-refractivity contribution in [1.82, 2.24) is 19.7 Å². The van der Waals surface area contributed by atoms with E-state index in [0.717, 1.165) is 27.9 Å². The molecule has 0 aliphatic carbocycles. The minimum atomic E-state index is -0.329. The highest BCUT2D eigenvalue weighted by molar-refractivity contribution is 6.02. The highest BCUT2D eigenvalue weighted by Crippen LogP contribution is 2.35. The lowest BCUT2D eigenvalue weighted by Crippen LogP contribution is -2.28. The van der Waals surface area contributed by atoms with E-state index >= 15 is 0 Å². The lowest BCUT2D eigenvalue weighted by molar-refractivity contribution is 0.0775. The third kappa shape index (κ3) is 4.09. The van der Waals surface area contributed by atoms with E-state index in [1.54, 1.807) is 48.2 Å². The second kappa shape index (κ2) is 8.63. The molecule has 32 heavy (non-hydrogen) atoms. The number of hydrogen-bond donors (Lipinski definition) is 1. The normalized spacial score (nSPS) is 10.9. The van der Waals surface area contributed by atoms with Gasteiger partial charge in [0, 0.05) is 49.8 Å². The van der Waals surface area contributed by atoms with Gasteiger partial charge >= 0.3 is 0 Å². The number of amides is 1. The number of aryl methyl sites for hydroxylation is 2. The molecule has 0 bridgehead atoms. The van der Waals surface area contributed by atoms with Gasteiger partial charge in [0.25, 0.3) is 5.91 Å². The maximum atomic E-state index is 13.6. The number of nitrogens with two attached hydrogens (primary N) is 1. The van der Waals surface area contributed by atoms with E-state index < -0.39 is 0 Å². The number of aromatic nitrogens is 3. The van der Waals surface area contributed by atoms with Crippen LogP contribution in [0.5, 0.6) is 0 Å². The average molecular weight is 429 g/mol. The van der Waals surface area contributed by atoms with Gasteiger partial charge in [0.2, 0.25) is 0 Å². The molecule has 0 aliphatic heterocycles. The summed E-state index contributed by atoms with van der Waals surface area (Å²) in [6.07, 6.45) is 3.35. The van der Waals surface area contributed by atoms with E-state index in [4.69, 9.17) is 5.73 Å². The summed E-state index contributed by atoms with van der Waals surface area (Å²) in [4.78, 5) is 19.3. The van der Waals surface area contributed by atoms with Gasteiger partial charge in [-0.1, -0.05) is 12.1 Å². The zero-order valence-corrected chi connectivity index (χ0v) is 18.2. The number of nitrogen functional groups attached to an aromatic ring is 1. The molecule has 4 rings (SSSR count). The van der Waals surface area contributed by atoms with Crippen molar-refractivity contribution in [2.45, 2.75) is 13.5 Å². The molecule has 7 heteroatoms. The van der Waals surface area contributed by atoms with Crippen molar-refractivity contribution in [1.29, 1.82) is 0 Å². The Morgan fingerprint density at radius 1 is 1.06 bits per heavy atom. The summed E-state index contributed by atoms with van der Waals surface area (Å²) >= 11 is 0. The maximum Gasteiger partial charge on any atom is 0.272 e. The summed E-state index contributed by atoms with van der Waals surface area (Å²) in [5, 5.41) is 4.63. The summed E-state index contributed by atoms with van der Waals surface area (Å²) < 4.78 is 15.1. The molecule has 2 aromatic carbocycles. The van der Waals surface area contributed by atoms with Crippen LogP contribution in [0, 0.1) is 12.7 Å². The fraction of sp³-hybridized carbons (Fsp3) is 0.160. The van der Waals surface area contributed by atoms with Crippen molar-refractivity contribution >= 4 is 11.6 Å². The zero-order chi connectivity index (χ0) is 22.8. The van der Waals surface area contributed by atoms with Crippen molar-refractivity contribution in [3.8, 4) is 22.4 Å². The van der Waals surface area contributed by atoms with Crippen LogP contribution in [0.3, 0.4) is 0 Å². The predicted molar refractivity (Wildman–Crippen MR) is 123 cm³/mol. The van der Waals surface area contributed by atoms with E-state index in [1.807, 2.05) is 37.3 Å². The smallest absolute Gasteiger partial charge is 0.272 e. The molecule has 0 radical (unpaired) electrons. The number of carbonyl (C=O) groups excluding carboxylic acids is 1. The van der Waals surface area contributed by atoms with Gasteiger partial charge in [-0.25, -0.2) is 4.39 Å². The first-order chi connectivity index (χ1) is 15.3. The number of rotatable bonds is 5. The lowest BCUT2D eigenvalue weighted by Gasteiger charge is -2.19. The van der Waals surface area contributed by atoms with Crippen LogP contribution in [0.25, 0.3) is 22.4 Å². The Balaban J connectivity index is 1.78. The lowest BCUT2D eigenvalue weighted by atomic mass is 9.99. The summed E-state index contributed by atoms with van der Waals surface area (Å²) in [5.74, 6) is -0.500. The summed E-state index contributed by atoms with van der Waals surface area (Å²) in [6, 6.07) is 15.5. The molecule has 6 nitrogen and oxygen atoms in total. The Hall–Kier alpha value is -4.00. The van der Waals surface area contributed by atoms with E-state index in [1.165, 1.54) is 12.1 Å². The van der Waals surface area contributed by atoms with Crippen LogP contribution in [0.2, 0.25) is 0 Å². The largest absolute Gasteiger partial charge is 0.399 e. The Bertz CT molecular complexity index is 1270. The highest BCUT2D eigenvalue weighted by atomic mass is 19.1. The molecule has 2 aromatic heterocycles. The monoisotopic (exact) mass is 429 g/mol. The summed E-state index contributed by atoms with van der Waals surface area (Å²) in [5.41, 5.74) is 11.9. The van der Waals surface area contributed by atoms with E-state index in [9.17, 15) is 9.18 Å². The van der Waals surface area contributed by atoms with Gasteiger partial charge in [-0.15, -0.1) is 0 Å². The third-order valence-corrected chi connectivity index (χ3v) is 5.44. The number of benzene rings is 2. The van der Waals surface area contributed by atoms with Crippen LogP contribution < -0.4 is 5.73 Å². The third-order valence-electron chi connectivity index (χ3n) is 5.44. The van der Waals surface area contributed by atoms with E-state index in [-0.39, 0.29) is 11.7 Å². The van der Waals surface area contributed by atoms with Crippen molar-refractivity contribution in [2.75, 3.05) is 12.8 Å². The van der Waals surface area contributed by atoms with Crippen molar-refractivity contribution < 1.29 is 9.18 Å². The van der Waals surface area contributed by atoms with Crippen molar-refractivity contribution in [3.63, 3.8) is 0 Å². The first-order valence-corrected chi connectivity index (χ1v) is 10.2. The second-order valence-corrected chi connectivity index (χ2v) is 7.79. The molecule has 0 unspecified atom stereocenters. The quantitative estimate of drug-likeness (QED) is 0.476. The Morgan fingerprint density at radius 3 is 2.41 bits per heavy atom. The molecule has 0 atom stereocenters. The molecule has 0 fully saturated rings. The Labute approximate surface area is 186 Å². The number of anilines is 1. The highest BCUT2D eigenvalue weighted by Gasteiger charge is 2.26. The van der Waals surface area contributed by atoms with E-state index in [2.05, 4.69) is 10.1 Å². The molecule has 162 valence electrons. The first kappa shape index (κ1) is 21.2. The van der Waals surface area contributed by atoms with Crippen LogP contribution in [-0.4, -0.2) is 32.6 Å². The molecular weight excluding hydrogens is 405 g/mol. The molecule has 1 amide bonds. The molecule has 0 spiro atoms. The van der Waals surface area contributed by atoms with Gasteiger partial charge < -0.3 is 10.6 Å². The molecule has 4 aromatic rings. The number of carbonyl (C=O) groups is 1. The maximum absolute atomic E-state index is 13.6. The molecule has 0 aliphatic rings. The SMILES string of the molecule is Cc1cc(CN(C)C(=O)c2c(-c3ccncc3)c(-c3ccc(F)cc3)nn2C)ccc1N. The fourth-order valence-corrected chi connectivity index (χ4v) is 3.73. The van der Waals surface area contributed by atoms with Crippen LogP contribution >= 0.6 is 0 Å².